The van der Waals surface area contributed by atoms with Crippen molar-refractivity contribution in [3.63, 3.8) is 0 Å². The van der Waals surface area contributed by atoms with E-state index in [2.05, 4.69) is 5.32 Å². The third kappa shape index (κ3) is 6.78. The average Bonchev–Trinajstić information content (AvgIpc) is 2.24. The van der Waals surface area contributed by atoms with E-state index in [0.717, 1.165) is 0 Å². The first-order valence-corrected chi connectivity index (χ1v) is 5.82. The molecule has 1 atom stereocenters. The van der Waals surface area contributed by atoms with E-state index >= 15 is 0 Å². The molecule has 0 fully saturated rings. The molecule has 0 aliphatic rings. The Bertz CT molecular complexity index is 256. The highest BCUT2D eigenvalue weighted by Gasteiger charge is 2.15. The van der Waals surface area contributed by atoms with Crippen LogP contribution in [0.25, 0.3) is 0 Å². The molecule has 0 aliphatic heterocycles. The number of amides is 2. The lowest BCUT2D eigenvalue weighted by Crippen LogP contribution is -2.42. The molecular formula is C11H22N2O4. The molecule has 0 aromatic heterocycles. The topological polar surface area (TPSA) is 89.9 Å². The first-order valence-electron chi connectivity index (χ1n) is 5.82. The lowest BCUT2D eigenvalue weighted by Gasteiger charge is -2.23. The Balaban J connectivity index is 3.94. The number of hydrogen-bond donors (Lipinski definition) is 3. The number of carboxylic acids is 1. The summed E-state index contributed by atoms with van der Waals surface area (Å²) in [5.41, 5.74) is 0. The number of aliphatic hydroxyl groups is 1. The van der Waals surface area contributed by atoms with Crippen LogP contribution in [-0.2, 0) is 4.79 Å². The minimum Gasteiger partial charge on any atom is -0.479 e. The van der Waals surface area contributed by atoms with Gasteiger partial charge in [0.15, 0.2) is 6.10 Å². The molecule has 0 radical (unpaired) electrons. The van der Waals surface area contributed by atoms with Gasteiger partial charge in [-0.3, -0.25) is 0 Å². The van der Waals surface area contributed by atoms with Crippen LogP contribution in [0, 0.1) is 5.92 Å². The normalized spacial score (nSPS) is 12.3. The van der Waals surface area contributed by atoms with Crippen LogP contribution in [0.3, 0.4) is 0 Å². The molecule has 0 aromatic rings. The zero-order chi connectivity index (χ0) is 13.4. The monoisotopic (exact) mass is 246 g/mol. The van der Waals surface area contributed by atoms with E-state index in [9.17, 15) is 9.59 Å². The Labute approximate surface area is 102 Å². The van der Waals surface area contributed by atoms with E-state index in [0.29, 0.717) is 19.0 Å². The molecule has 2 amide bonds. The highest BCUT2D eigenvalue weighted by atomic mass is 16.4. The smallest absolute Gasteiger partial charge is 0.332 e. The van der Waals surface area contributed by atoms with Gasteiger partial charge in [-0.15, -0.1) is 0 Å². The van der Waals surface area contributed by atoms with Crippen LogP contribution in [0.5, 0.6) is 0 Å². The summed E-state index contributed by atoms with van der Waals surface area (Å²) in [5.74, 6) is -0.890. The number of nitrogens with one attached hydrogen (secondary N) is 1. The SMILES string of the molecule is CCN(CC(C)C)C(=O)NCC[C@H](O)C(=O)O. The summed E-state index contributed by atoms with van der Waals surface area (Å²) in [6, 6.07) is -0.223. The minimum atomic E-state index is -1.42. The van der Waals surface area contributed by atoms with E-state index in [1.54, 1.807) is 4.90 Å². The number of aliphatic carboxylic acids is 1. The van der Waals surface area contributed by atoms with Crippen LogP contribution in [-0.4, -0.2) is 52.9 Å². The van der Waals surface area contributed by atoms with Crippen molar-refractivity contribution in [1.29, 1.82) is 0 Å². The summed E-state index contributed by atoms with van der Waals surface area (Å²) in [5, 5.41) is 20.1. The van der Waals surface area contributed by atoms with Crippen molar-refractivity contribution in [2.75, 3.05) is 19.6 Å². The van der Waals surface area contributed by atoms with Crippen molar-refractivity contribution >= 4 is 12.0 Å². The largest absolute Gasteiger partial charge is 0.479 e. The molecular weight excluding hydrogens is 224 g/mol. The first kappa shape index (κ1) is 15.7. The molecule has 0 saturated heterocycles. The molecule has 6 nitrogen and oxygen atoms in total. The third-order valence-electron chi connectivity index (χ3n) is 2.23. The minimum absolute atomic E-state index is 0.0142. The Morgan fingerprint density at radius 1 is 1.35 bits per heavy atom. The van der Waals surface area contributed by atoms with Crippen molar-refractivity contribution in [1.82, 2.24) is 10.2 Å². The summed E-state index contributed by atoms with van der Waals surface area (Å²) in [6.07, 6.45) is -1.41. The van der Waals surface area contributed by atoms with Gasteiger partial charge in [0.1, 0.15) is 0 Å². The molecule has 0 unspecified atom stereocenters. The number of carboxylic acid groups (broad SMARTS) is 1. The second-order valence-electron chi connectivity index (χ2n) is 4.31. The third-order valence-corrected chi connectivity index (χ3v) is 2.23. The second-order valence-corrected chi connectivity index (χ2v) is 4.31. The molecule has 6 heteroatoms. The van der Waals surface area contributed by atoms with Crippen LogP contribution in [0.1, 0.15) is 27.2 Å². The summed E-state index contributed by atoms with van der Waals surface area (Å²) in [7, 11) is 0. The van der Waals surface area contributed by atoms with E-state index in [-0.39, 0.29) is 19.0 Å². The van der Waals surface area contributed by atoms with Gasteiger partial charge in [-0.25, -0.2) is 9.59 Å². The van der Waals surface area contributed by atoms with Crippen LogP contribution in [0.2, 0.25) is 0 Å². The Morgan fingerprint density at radius 3 is 2.35 bits per heavy atom. The van der Waals surface area contributed by atoms with E-state index < -0.39 is 12.1 Å². The van der Waals surface area contributed by atoms with Gasteiger partial charge in [-0.1, -0.05) is 13.8 Å². The van der Waals surface area contributed by atoms with Crippen molar-refractivity contribution in [3.05, 3.63) is 0 Å². The highest BCUT2D eigenvalue weighted by Crippen LogP contribution is 1.99. The maximum Gasteiger partial charge on any atom is 0.332 e. The number of hydrogen-bond acceptors (Lipinski definition) is 3. The number of carbonyl (C=O) groups excluding carboxylic acids is 1. The fraction of sp³-hybridized carbons (Fsp3) is 0.818. The standard InChI is InChI=1S/C11H22N2O4/c1-4-13(7-8(2)3)11(17)12-6-5-9(14)10(15)16/h8-9,14H,4-7H2,1-3H3,(H,12,17)(H,15,16)/t9-/m0/s1. The molecule has 0 spiro atoms. The van der Waals surface area contributed by atoms with E-state index in [1.165, 1.54) is 0 Å². The van der Waals surface area contributed by atoms with Crippen molar-refractivity contribution in [2.45, 2.75) is 33.3 Å². The molecule has 0 heterocycles. The van der Waals surface area contributed by atoms with Gasteiger partial charge in [0.2, 0.25) is 0 Å². The van der Waals surface area contributed by atoms with Gasteiger partial charge in [-0.05, 0) is 12.8 Å². The molecule has 0 aromatic carbocycles. The predicted octanol–water partition coefficient (Wildman–Crippen LogP) is 0.509. The molecule has 0 bridgehead atoms. The number of rotatable bonds is 7. The zero-order valence-electron chi connectivity index (χ0n) is 10.6. The number of nitrogens with zero attached hydrogens (tertiary/aromatic N) is 1. The van der Waals surface area contributed by atoms with Crippen LogP contribution < -0.4 is 5.32 Å². The summed E-state index contributed by atoms with van der Waals surface area (Å²) in [6.45, 7) is 7.33. The van der Waals surface area contributed by atoms with E-state index in [4.69, 9.17) is 10.2 Å². The summed E-state index contributed by atoms with van der Waals surface area (Å²) >= 11 is 0. The van der Waals surface area contributed by atoms with Gasteiger partial charge in [-0.2, -0.15) is 0 Å². The molecule has 100 valence electrons. The van der Waals surface area contributed by atoms with Gasteiger partial charge in [0.05, 0.1) is 0 Å². The first-order chi connectivity index (χ1) is 7.88. The van der Waals surface area contributed by atoms with Crippen molar-refractivity contribution in [3.8, 4) is 0 Å². The fourth-order valence-electron chi connectivity index (χ4n) is 1.35. The van der Waals surface area contributed by atoms with Gasteiger partial charge in [0.25, 0.3) is 0 Å². The lowest BCUT2D eigenvalue weighted by molar-refractivity contribution is -0.146. The van der Waals surface area contributed by atoms with Crippen LogP contribution in [0.4, 0.5) is 4.79 Å². The Morgan fingerprint density at radius 2 is 1.94 bits per heavy atom. The number of aliphatic hydroxyl groups excluding tert-OH is 1. The van der Waals surface area contributed by atoms with Gasteiger partial charge < -0.3 is 20.4 Å². The molecule has 0 rings (SSSR count). The van der Waals surface area contributed by atoms with Crippen LogP contribution in [0.15, 0.2) is 0 Å². The van der Waals surface area contributed by atoms with Crippen LogP contribution >= 0.6 is 0 Å². The van der Waals surface area contributed by atoms with E-state index in [1.807, 2.05) is 20.8 Å². The maximum absolute atomic E-state index is 11.6. The average molecular weight is 246 g/mol. The van der Waals surface area contributed by atoms with Gasteiger partial charge >= 0.3 is 12.0 Å². The Hall–Kier alpha value is -1.30. The summed E-state index contributed by atoms with van der Waals surface area (Å²) < 4.78 is 0. The number of carbonyl (C=O) groups is 2. The molecule has 17 heavy (non-hydrogen) atoms. The quantitative estimate of drug-likeness (QED) is 0.610. The highest BCUT2D eigenvalue weighted by molar-refractivity contribution is 5.74. The van der Waals surface area contributed by atoms with Crippen molar-refractivity contribution in [2.24, 2.45) is 5.92 Å². The molecule has 0 aliphatic carbocycles. The second kappa shape index (κ2) is 7.89. The predicted molar refractivity (Wildman–Crippen MR) is 63.7 cm³/mol. The maximum atomic E-state index is 11.6. The Kier molecular flexibility index (Phi) is 7.29. The van der Waals surface area contributed by atoms with Crippen molar-refractivity contribution < 1.29 is 19.8 Å². The molecule has 3 N–H and O–H groups in total. The molecule has 0 saturated carbocycles. The lowest BCUT2D eigenvalue weighted by atomic mass is 10.2. The van der Waals surface area contributed by atoms with Gasteiger partial charge in [0, 0.05) is 26.1 Å². The summed E-state index contributed by atoms with van der Waals surface area (Å²) in [4.78, 5) is 23.6. The number of urea groups is 1. The fourth-order valence-corrected chi connectivity index (χ4v) is 1.35. The zero-order valence-corrected chi connectivity index (χ0v) is 10.6.